The number of ether oxygens (including phenoxy) is 3. The SMILES string of the molecule is CC(C)NC(=O)[C@H](C)Oc1ccc(S(=O)(=O)N2CCN(Cc3ccc4c(c3)OCO4)CC2)cc1. The first-order valence-corrected chi connectivity index (χ1v) is 12.8. The fourth-order valence-electron chi connectivity index (χ4n) is 3.92. The van der Waals surface area contributed by atoms with Gasteiger partial charge < -0.3 is 19.5 Å². The van der Waals surface area contributed by atoms with Crippen LogP contribution in [0.1, 0.15) is 26.3 Å². The van der Waals surface area contributed by atoms with Gasteiger partial charge >= 0.3 is 0 Å². The zero-order valence-corrected chi connectivity index (χ0v) is 20.5. The number of hydrogen-bond acceptors (Lipinski definition) is 7. The minimum Gasteiger partial charge on any atom is -0.481 e. The Morgan fingerprint density at radius 2 is 1.68 bits per heavy atom. The predicted molar refractivity (Wildman–Crippen MR) is 126 cm³/mol. The Balaban J connectivity index is 1.31. The third kappa shape index (κ3) is 5.63. The van der Waals surface area contributed by atoms with Crippen molar-refractivity contribution in [3.05, 3.63) is 48.0 Å². The Morgan fingerprint density at radius 3 is 2.35 bits per heavy atom. The number of piperazine rings is 1. The zero-order valence-electron chi connectivity index (χ0n) is 19.7. The molecule has 0 spiro atoms. The van der Waals surface area contributed by atoms with Crippen LogP contribution in [-0.2, 0) is 21.4 Å². The number of sulfonamides is 1. The molecule has 2 aromatic carbocycles. The molecule has 0 unspecified atom stereocenters. The molecule has 1 atom stereocenters. The molecule has 0 bridgehead atoms. The van der Waals surface area contributed by atoms with E-state index in [4.69, 9.17) is 14.2 Å². The Morgan fingerprint density at radius 1 is 1.00 bits per heavy atom. The highest BCUT2D eigenvalue weighted by molar-refractivity contribution is 7.89. The van der Waals surface area contributed by atoms with Gasteiger partial charge in [0.05, 0.1) is 4.90 Å². The number of rotatable bonds is 8. The second-order valence-electron chi connectivity index (χ2n) is 8.76. The average molecular weight is 490 g/mol. The van der Waals surface area contributed by atoms with E-state index < -0.39 is 16.1 Å². The Labute approximate surface area is 200 Å². The van der Waals surface area contributed by atoms with Crippen molar-refractivity contribution >= 4 is 15.9 Å². The van der Waals surface area contributed by atoms with Crippen LogP contribution in [-0.4, -0.2) is 68.6 Å². The van der Waals surface area contributed by atoms with E-state index in [2.05, 4.69) is 10.2 Å². The molecule has 1 fully saturated rings. The molecule has 1 amide bonds. The molecule has 0 saturated carbocycles. The van der Waals surface area contributed by atoms with Crippen LogP contribution in [0.3, 0.4) is 0 Å². The van der Waals surface area contributed by atoms with Crippen molar-refractivity contribution in [1.82, 2.24) is 14.5 Å². The lowest BCUT2D eigenvalue weighted by Crippen LogP contribution is -2.48. The second-order valence-corrected chi connectivity index (χ2v) is 10.7. The van der Waals surface area contributed by atoms with Gasteiger partial charge in [0.2, 0.25) is 16.8 Å². The van der Waals surface area contributed by atoms with Crippen molar-refractivity contribution in [3.63, 3.8) is 0 Å². The summed E-state index contributed by atoms with van der Waals surface area (Å²) in [6, 6.07) is 12.1. The first-order chi connectivity index (χ1) is 16.2. The average Bonchev–Trinajstić information content (AvgIpc) is 3.27. The number of carbonyl (C=O) groups is 1. The van der Waals surface area contributed by atoms with Crippen molar-refractivity contribution < 1.29 is 27.4 Å². The Hall–Kier alpha value is -2.82. The van der Waals surface area contributed by atoms with Gasteiger partial charge in [-0.05, 0) is 62.7 Å². The Bertz CT molecular complexity index is 1110. The molecular formula is C24H31N3O6S. The minimum absolute atomic E-state index is 0.0172. The standard InChI is InChI=1S/C24H31N3O6S/c1-17(2)25-24(28)18(3)33-20-5-7-21(8-6-20)34(29,30)27-12-10-26(11-13-27)15-19-4-9-22-23(14-19)32-16-31-22/h4-9,14,17-18H,10-13,15-16H2,1-3H3,(H,25,28)/t18-/m0/s1. The molecule has 2 aliphatic rings. The highest BCUT2D eigenvalue weighted by atomic mass is 32.2. The fraction of sp³-hybridized carbons (Fsp3) is 0.458. The third-order valence-electron chi connectivity index (χ3n) is 5.75. The molecule has 10 heteroatoms. The summed E-state index contributed by atoms with van der Waals surface area (Å²) in [5, 5.41) is 2.79. The van der Waals surface area contributed by atoms with Gasteiger partial charge in [0.15, 0.2) is 17.6 Å². The van der Waals surface area contributed by atoms with E-state index in [1.165, 1.54) is 16.4 Å². The maximum atomic E-state index is 13.1. The molecule has 2 aliphatic heterocycles. The van der Waals surface area contributed by atoms with Crippen LogP contribution >= 0.6 is 0 Å². The smallest absolute Gasteiger partial charge is 0.260 e. The normalized spacial score (nSPS) is 17.5. The van der Waals surface area contributed by atoms with Crippen molar-refractivity contribution in [2.75, 3.05) is 33.0 Å². The number of carbonyl (C=O) groups excluding carboxylic acids is 1. The number of fused-ring (bicyclic) bond motifs is 1. The molecule has 4 rings (SSSR count). The van der Waals surface area contributed by atoms with Crippen LogP contribution < -0.4 is 19.5 Å². The van der Waals surface area contributed by atoms with E-state index in [9.17, 15) is 13.2 Å². The molecule has 0 aliphatic carbocycles. The van der Waals surface area contributed by atoms with Gasteiger partial charge in [-0.2, -0.15) is 4.31 Å². The monoisotopic (exact) mass is 489 g/mol. The Kier molecular flexibility index (Phi) is 7.30. The number of benzene rings is 2. The van der Waals surface area contributed by atoms with Gasteiger partial charge in [-0.1, -0.05) is 6.07 Å². The van der Waals surface area contributed by atoms with E-state index in [-0.39, 0.29) is 23.6 Å². The van der Waals surface area contributed by atoms with E-state index in [1.807, 2.05) is 32.0 Å². The molecule has 34 heavy (non-hydrogen) atoms. The number of amides is 1. The summed E-state index contributed by atoms with van der Waals surface area (Å²) in [6.07, 6.45) is -0.678. The molecule has 184 valence electrons. The predicted octanol–water partition coefficient (Wildman–Crippen LogP) is 2.21. The summed E-state index contributed by atoms with van der Waals surface area (Å²) in [6.45, 7) is 8.48. The van der Waals surface area contributed by atoms with E-state index >= 15 is 0 Å². The molecule has 2 aromatic rings. The first-order valence-electron chi connectivity index (χ1n) is 11.4. The molecule has 1 saturated heterocycles. The van der Waals surface area contributed by atoms with Gasteiger partial charge in [0.25, 0.3) is 5.91 Å². The van der Waals surface area contributed by atoms with Gasteiger partial charge in [0.1, 0.15) is 5.75 Å². The van der Waals surface area contributed by atoms with E-state index in [0.717, 1.165) is 23.6 Å². The number of nitrogens with one attached hydrogen (secondary N) is 1. The second kappa shape index (κ2) is 10.2. The minimum atomic E-state index is -3.61. The largest absolute Gasteiger partial charge is 0.481 e. The van der Waals surface area contributed by atoms with Crippen LogP contribution in [0.4, 0.5) is 0 Å². The highest BCUT2D eigenvalue weighted by Crippen LogP contribution is 2.33. The topological polar surface area (TPSA) is 97.4 Å². The maximum absolute atomic E-state index is 13.1. The lowest BCUT2D eigenvalue weighted by molar-refractivity contribution is -0.127. The summed E-state index contributed by atoms with van der Waals surface area (Å²) in [5.74, 6) is 1.73. The molecule has 9 nitrogen and oxygen atoms in total. The van der Waals surface area contributed by atoms with Gasteiger partial charge in [-0.25, -0.2) is 8.42 Å². The maximum Gasteiger partial charge on any atom is 0.260 e. The van der Waals surface area contributed by atoms with Crippen molar-refractivity contribution in [3.8, 4) is 17.2 Å². The molecule has 0 aromatic heterocycles. The van der Waals surface area contributed by atoms with Crippen LogP contribution in [0.5, 0.6) is 17.2 Å². The molecule has 0 radical (unpaired) electrons. The lowest BCUT2D eigenvalue weighted by atomic mass is 10.2. The van der Waals surface area contributed by atoms with Gasteiger partial charge in [-0.3, -0.25) is 9.69 Å². The van der Waals surface area contributed by atoms with Crippen LogP contribution in [0, 0.1) is 0 Å². The third-order valence-corrected chi connectivity index (χ3v) is 7.66. The van der Waals surface area contributed by atoms with Crippen LogP contribution in [0.15, 0.2) is 47.4 Å². The molecule has 1 N–H and O–H groups in total. The van der Waals surface area contributed by atoms with Crippen molar-refractivity contribution in [2.24, 2.45) is 0 Å². The van der Waals surface area contributed by atoms with Crippen LogP contribution in [0.2, 0.25) is 0 Å². The first kappa shape index (κ1) is 24.3. The summed E-state index contributed by atoms with van der Waals surface area (Å²) in [4.78, 5) is 14.5. The van der Waals surface area contributed by atoms with E-state index in [1.54, 1.807) is 19.1 Å². The molecule has 2 heterocycles. The molecular weight excluding hydrogens is 458 g/mol. The van der Waals surface area contributed by atoms with Crippen LogP contribution in [0.25, 0.3) is 0 Å². The van der Waals surface area contributed by atoms with E-state index in [0.29, 0.717) is 31.9 Å². The fourth-order valence-corrected chi connectivity index (χ4v) is 5.35. The summed E-state index contributed by atoms with van der Waals surface area (Å²) in [7, 11) is -3.61. The quantitative estimate of drug-likeness (QED) is 0.607. The van der Waals surface area contributed by atoms with Crippen molar-refractivity contribution in [2.45, 2.75) is 44.4 Å². The lowest BCUT2D eigenvalue weighted by Gasteiger charge is -2.34. The number of hydrogen-bond donors (Lipinski definition) is 1. The highest BCUT2D eigenvalue weighted by Gasteiger charge is 2.29. The van der Waals surface area contributed by atoms with Gasteiger partial charge in [-0.15, -0.1) is 0 Å². The summed E-state index contributed by atoms with van der Waals surface area (Å²) >= 11 is 0. The summed E-state index contributed by atoms with van der Waals surface area (Å²) < 4.78 is 44.2. The summed E-state index contributed by atoms with van der Waals surface area (Å²) in [5.41, 5.74) is 1.10. The van der Waals surface area contributed by atoms with Crippen molar-refractivity contribution in [1.29, 1.82) is 0 Å². The zero-order chi connectivity index (χ0) is 24.3. The van der Waals surface area contributed by atoms with Gasteiger partial charge in [0, 0.05) is 38.8 Å². The number of nitrogens with zero attached hydrogens (tertiary/aromatic N) is 2.